The van der Waals surface area contributed by atoms with Crippen LogP contribution in [0.15, 0.2) is 12.1 Å². The van der Waals surface area contributed by atoms with Crippen LogP contribution in [0.2, 0.25) is 0 Å². The fraction of sp³-hybridized carbons (Fsp3) is 0.417. The Kier molecular flexibility index (Phi) is 3.72. The van der Waals surface area contributed by atoms with Crippen molar-refractivity contribution in [3.63, 3.8) is 0 Å². The number of ether oxygens (including phenoxy) is 1. The minimum atomic E-state index is 0.137. The van der Waals surface area contributed by atoms with Crippen LogP contribution in [-0.2, 0) is 0 Å². The minimum absolute atomic E-state index is 0.137. The number of methoxy groups -OCH3 is 1. The Morgan fingerprint density at radius 2 is 2.20 bits per heavy atom. The molecule has 1 N–H and O–H groups in total. The first kappa shape index (κ1) is 11.6. The molecule has 0 spiro atoms. The van der Waals surface area contributed by atoms with E-state index in [4.69, 9.17) is 4.74 Å². The average molecular weight is 208 g/mol. The largest absolute Gasteiger partial charge is 0.504 e. The zero-order valence-corrected chi connectivity index (χ0v) is 9.28. The predicted molar refractivity (Wildman–Crippen MR) is 58.8 cm³/mol. The normalized spacial score (nSPS) is 12.2. The number of aromatic hydroxyl groups is 1. The van der Waals surface area contributed by atoms with E-state index < -0.39 is 0 Å². The highest BCUT2D eigenvalue weighted by Gasteiger charge is 2.14. The monoisotopic (exact) mass is 208 g/mol. The van der Waals surface area contributed by atoms with Gasteiger partial charge in [0.25, 0.3) is 0 Å². The van der Waals surface area contributed by atoms with Gasteiger partial charge in [0, 0.05) is 11.1 Å². The number of hydrogen-bond donors (Lipinski definition) is 1. The van der Waals surface area contributed by atoms with E-state index in [1.165, 1.54) is 13.2 Å². The van der Waals surface area contributed by atoms with Crippen molar-refractivity contribution in [3.05, 3.63) is 23.3 Å². The van der Waals surface area contributed by atoms with E-state index in [9.17, 15) is 9.90 Å². The van der Waals surface area contributed by atoms with Gasteiger partial charge in [-0.15, -0.1) is 0 Å². The standard InChI is InChI=1S/C12H16O3/c1-4-8(2)10-5-9(7-13)6-11(15-3)12(10)14/h5-8,14H,4H2,1-3H3. The average Bonchev–Trinajstić information content (AvgIpc) is 2.28. The highest BCUT2D eigenvalue weighted by atomic mass is 16.5. The molecule has 1 rings (SSSR count). The number of phenolic OH excluding ortho intramolecular Hbond substituents is 1. The van der Waals surface area contributed by atoms with Gasteiger partial charge in [-0.1, -0.05) is 13.8 Å². The number of aldehydes is 1. The van der Waals surface area contributed by atoms with Gasteiger partial charge in [0.1, 0.15) is 6.29 Å². The molecule has 0 aliphatic rings. The summed E-state index contributed by atoms with van der Waals surface area (Å²) < 4.78 is 5.01. The van der Waals surface area contributed by atoms with Gasteiger partial charge in [-0.25, -0.2) is 0 Å². The van der Waals surface area contributed by atoms with Gasteiger partial charge in [-0.2, -0.15) is 0 Å². The van der Waals surface area contributed by atoms with Gasteiger partial charge in [0.15, 0.2) is 11.5 Å². The number of carbonyl (C=O) groups excluding carboxylic acids is 1. The van der Waals surface area contributed by atoms with Crippen molar-refractivity contribution in [2.24, 2.45) is 0 Å². The summed E-state index contributed by atoms with van der Waals surface area (Å²) in [6.07, 6.45) is 1.66. The maximum absolute atomic E-state index is 10.7. The van der Waals surface area contributed by atoms with Crippen LogP contribution < -0.4 is 4.74 Å². The van der Waals surface area contributed by atoms with Gasteiger partial charge < -0.3 is 9.84 Å². The Labute approximate surface area is 89.7 Å². The molecule has 0 saturated carbocycles. The molecule has 82 valence electrons. The summed E-state index contributed by atoms with van der Waals surface area (Å²) in [4.78, 5) is 10.7. The van der Waals surface area contributed by atoms with Crippen molar-refractivity contribution >= 4 is 6.29 Å². The summed E-state index contributed by atoms with van der Waals surface area (Å²) in [5, 5.41) is 9.87. The molecule has 3 heteroatoms. The Morgan fingerprint density at radius 1 is 1.53 bits per heavy atom. The van der Waals surface area contributed by atoms with Crippen LogP contribution >= 0.6 is 0 Å². The van der Waals surface area contributed by atoms with Crippen LogP contribution in [0.5, 0.6) is 11.5 Å². The third-order valence-electron chi connectivity index (χ3n) is 2.63. The molecular formula is C12H16O3. The highest BCUT2D eigenvalue weighted by Crippen LogP contribution is 2.36. The lowest BCUT2D eigenvalue weighted by atomic mass is 9.95. The zero-order valence-electron chi connectivity index (χ0n) is 9.28. The fourth-order valence-corrected chi connectivity index (χ4v) is 1.47. The number of carbonyl (C=O) groups is 1. The third-order valence-corrected chi connectivity index (χ3v) is 2.63. The summed E-state index contributed by atoms with van der Waals surface area (Å²) in [5.74, 6) is 0.700. The maximum Gasteiger partial charge on any atom is 0.161 e. The number of rotatable bonds is 4. The first-order valence-electron chi connectivity index (χ1n) is 5.00. The summed E-state index contributed by atoms with van der Waals surface area (Å²) in [6, 6.07) is 3.24. The predicted octanol–water partition coefficient (Wildman–Crippen LogP) is 2.73. The Hall–Kier alpha value is -1.51. The Balaban J connectivity index is 3.29. The third kappa shape index (κ3) is 2.29. The molecule has 1 unspecified atom stereocenters. The number of hydrogen-bond acceptors (Lipinski definition) is 3. The lowest BCUT2D eigenvalue weighted by Crippen LogP contribution is -1.97. The SMILES string of the molecule is CCC(C)c1cc(C=O)cc(OC)c1O. The van der Waals surface area contributed by atoms with Crippen LogP contribution in [0.4, 0.5) is 0 Å². The van der Waals surface area contributed by atoms with Crippen molar-refractivity contribution in [1.82, 2.24) is 0 Å². The Bertz CT molecular complexity index is 358. The second-order valence-corrected chi connectivity index (χ2v) is 3.59. The molecule has 1 aromatic carbocycles. The van der Waals surface area contributed by atoms with Crippen molar-refractivity contribution < 1.29 is 14.6 Å². The molecule has 3 nitrogen and oxygen atoms in total. The highest BCUT2D eigenvalue weighted by molar-refractivity contribution is 5.77. The quantitative estimate of drug-likeness (QED) is 0.774. The van der Waals surface area contributed by atoms with Gasteiger partial charge in [0.2, 0.25) is 0 Å². The summed E-state index contributed by atoms with van der Waals surface area (Å²) in [7, 11) is 1.48. The molecule has 0 amide bonds. The molecule has 0 saturated heterocycles. The zero-order chi connectivity index (χ0) is 11.4. The second kappa shape index (κ2) is 4.82. The molecule has 0 aromatic heterocycles. The summed E-state index contributed by atoms with van der Waals surface area (Å²) in [5.41, 5.74) is 1.29. The maximum atomic E-state index is 10.7. The first-order chi connectivity index (χ1) is 7.13. The lowest BCUT2D eigenvalue weighted by molar-refractivity contribution is 0.112. The molecule has 0 aliphatic carbocycles. The van der Waals surface area contributed by atoms with Gasteiger partial charge in [-0.3, -0.25) is 4.79 Å². The minimum Gasteiger partial charge on any atom is -0.504 e. The lowest BCUT2D eigenvalue weighted by Gasteiger charge is -2.14. The first-order valence-corrected chi connectivity index (χ1v) is 5.00. The van der Waals surface area contributed by atoms with E-state index in [1.807, 2.05) is 13.8 Å². The molecule has 0 aliphatic heterocycles. The molecule has 0 heterocycles. The topological polar surface area (TPSA) is 46.5 Å². The van der Waals surface area contributed by atoms with Crippen molar-refractivity contribution in [1.29, 1.82) is 0 Å². The van der Waals surface area contributed by atoms with Crippen LogP contribution in [0, 0.1) is 0 Å². The van der Waals surface area contributed by atoms with E-state index in [-0.39, 0.29) is 11.7 Å². The van der Waals surface area contributed by atoms with E-state index in [2.05, 4.69) is 0 Å². The molecule has 0 bridgehead atoms. The Morgan fingerprint density at radius 3 is 2.67 bits per heavy atom. The molecule has 1 atom stereocenters. The van der Waals surface area contributed by atoms with Crippen LogP contribution in [0.1, 0.15) is 42.1 Å². The summed E-state index contributed by atoms with van der Waals surface area (Å²) in [6.45, 7) is 4.03. The van der Waals surface area contributed by atoms with E-state index in [0.717, 1.165) is 18.3 Å². The van der Waals surface area contributed by atoms with Gasteiger partial charge in [0.05, 0.1) is 7.11 Å². The van der Waals surface area contributed by atoms with Crippen molar-refractivity contribution in [3.8, 4) is 11.5 Å². The molecule has 15 heavy (non-hydrogen) atoms. The molecule has 0 radical (unpaired) electrons. The van der Waals surface area contributed by atoms with Crippen LogP contribution in [0.25, 0.3) is 0 Å². The molecular weight excluding hydrogens is 192 g/mol. The van der Waals surface area contributed by atoms with E-state index >= 15 is 0 Å². The molecule has 1 aromatic rings. The van der Waals surface area contributed by atoms with Gasteiger partial charge >= 0.3 is 0 Å². The van der Waals surface area contributed by atoms with Gasteiger partial charge in [-0.05, 0) is 24.5 Å². The molecule has 0 fully saturated rings. The van der Waals surface area contributed by atoms with E-state index in [1.54, 1.807) is 6.07 Å². The smallest absolute Gasteiger partial charge is 0.161 e. The van der Waals surface area contributed by atoms with Crippen molar-refractivity contribution in [2.45, 2.75) is 26.2 Å². The van der Waals surface area contributed by atoms with E-state index in [0.29, 0.717) is 11.3 Å². The second-order valence-electron chi connectivity index (χ2n) is 3.59. The fourth-order valence-electron chi connectivity index (χ4n) is 1.47. The number of benzene rings is 1. The van der Waals surface area contributed by atoms with Crippen molar-refractivity contribution in [2.75, 3.05) is 7.11 Å². The van der Waals surface area contributed by atoms with Crippen LogP contribution in [-0.4, -0.2) is 18.5 Å². The summed E-state index contributed by atoms with van der Waals surface area (Å²) >= 11 is 0. The number of phenols is 1. The van der Waals surface area contributed by atoms with Crippen LogP contribution in [0.3, 0.4) is 0 Å².